The standard InChI is InChI=1S/C27H35ClN2O6/c1-17-8-6-7-10-27(33)15-21(35-24(32)29-27)26(3)16-25(2,36-26)11-9-22(31)30(4)19-13-18(12-17)14-20(34-5)23(19)28/h6-8,13-14,21,33H,9-12,15-16H2,1-5H3,(H,29,32). The Hall–Kier alpha value is -2.55. The minimum atomic E-state index is -1.43. The molecule has 4 aliphatic heterocycles. The van der Waals surface area contributed by atoms with E-state index in [4.69, 9.17) is 25.8 Å². The van der Waals surface area contributed by atoms with Crippen LogP contribution in [0.5, 0.6) is 5.75 Å². The monoisotopic (exact) mass is 518 g/mol. The summed E-state index contributed by atoms with van der Waals surface area (Å²) in [7, 11) is 3.27. The van der Waals surface area contributed by atoms with E-state index in [9.17, 15) is 14.7 Å². The largest absolute Gasteiger partial charge is 0.495 e. The molecule has 2 N–H and O–H groups in total. The number of allylic oxidation sites excluding steroid dienone is 3. The van der Waals surface area contributed by atoms with E-state index in [1.165, 1.54) is 0 Å². The smallest absolute Gasteiger partial charge is 0.409 e. The van der Waals surface area contributed by atoms with Crippen LogP contribution in [0.1, 0.15) is 58.4 Å². The van der Waals surface area contributed by atoms with Crippen LogP contribution in [0.25, 0.3) is 0 Å². The molecule has 4 unspecified atom stereocenters. The number of methoxy groups -OCH3 is 1. The first-order valence-electron chi connectivity index (χ1n) is 12.2. The Morgan fingerprint density at radius 2 is 2.00 bits per heavy atom. The number of amides is 2. The minimum Gasteiger partial charge on any atom is -0.495 e. The maximum absolute atomic E-state index is 13.2. The summed E-state index contributed by atoms with van der Waals surface area (Å²) in [6, 6.07) is 3.79. The van der Waals surface area contributed by atoms with Crippen molar-refractivity contribution >= 4 is 29.3 Å². The molecule has 1 aromatic rings. The zero-order chi connectivity index (χ0) is 26.3. The number of nitrogens with zero attached hydrogens (tertiary/aromatic N) is 1. The second-order valence-electron chi connectivity index (χ2n) is 10.7. The molecule has 9 heteroatoms. The third-order valence-corrected chi connectivity index (χ3v) is 7.73. The Kier molecular flexibility index (Phi) is 7.16. The van der Waals surface area contributed by atoms with Gasteiger partial charge in [-0.05, 0) is 51.3 Å². The maximum atomic E-state index is 13.2. The molecule has 8 nitrogen and oxygen atoms in total. The molecular weight excluding hydrogens is 484 g/mol. The lowest BCUT2D eigenvalue weighted by Gasteiger charge is -2.57. The van der Waals surface area contributed by atoms with E-state index in [0.717, 1.165) is 11.1 Å². The molecular formula is C27H35ClN2O6. The van der Waals surface area contributed by atoms with Gasteiger partial charge in [0, 0.05) is 32.7 Å². The number of ether oxygens (including phenoxy) is 3. The van der Waals surface area contributed by atoms with Crippen LogP contribution in [0.15, 0.2) is 35.9 Å². The summed E-state index contributed by atoms with van der Waals surface area (Å²) < 4.78 is 17.3. The Morgan fingerprint density at radius 3 is 2.69 bits per heavy atom. The summed E-state index contributed by atoms with van der Waals surface area (Å²) in [6.07, 6.45) is 6.75. The normalized spacial score (nSPS) is 33.2. The van der Waals surface area contributed by atoms with Crippen LogP contribution in [0.2, 0.25) is 5.02 Å². The van der Waals surface area contributed by atoms with Crippen molar-refractivity contribution in [2.75, 3.05) is 19.1 Å². The number of rotatable bonds is 1. The van der Waals surface area contributed by atoms with Gasteiger partial charge >= 0.3 is 6.09 Å². The van der Waals surface area contributed by atoms with Crippen molar-refractivity contribution in [3.05, 3.63) is 46.5 Å². The highest BCUT2D eigenvalue weighted by Crippen LogP contribution is 2.49. The summed E-state index contributed by atoms with van der Waals surface area (Å²) in [6.45, 7) is 5.83. The average molecular weight is 519 g/mol. The van der Waals surface area contributed by atoms with Crippen molar-refractivity contribution in [1.82, 2.24) is 5.32 Å². The van der Waals surface area contributed by atoms with Gasteiger partial charge in [0.05, 0.1) is 18.4 Å². The third-order valence-electron chi connectivity index (χ3n) is 7.35. The quantitative estimate of drug-likeness (QED) is 0.561. The lowest BCUT2D eigenvalue weighted by molar-refractivity contribution is -0.302. The lowest BCUT2D eigenvalue weighted by atomic mass is 9.73. The van der Waals surface area contributed by atoms with Gasteiger partial charge in [0.15, 0.2) is 0 Å². The van der Waals surface area contributed by atoms with E-state index >= 15 is 0 Å². The van der Waals surface area contributed by atoms with Gasteiger partial charge < -0.3 is 24.2 Å². The number of carbonyl (C=O) groups excluding carboxylic acids is 2. The van der Waals surface area contributed by atoms with Gasteiger partial charge in [0.2, 0.25) is 5.91 Å². The van der Waals surface area contributed by atoms with Crippen LogP contribution < -0.4 is 15.0 Å². The topological polar surface area (TPSA) is 97.3 Å². The van der Waals surface area contributed by atoms with Crippen molar-refractivity contribution in [2.24, 2.45) is 0 Å². The number of fused-ring (bicyclic) bond motifs is 6. The summed E-state index contributed by atoms with van der Waals surface area (Å²) in [5, 5.41) is 14.0. The molecule has 4 heterocycles. The first-order valence-corrected chi connectivity index (χ1v) is 12.6. The molecule has 0 saturated carbocycles. The first-order chi connectivity index (χ1) is 16.9. The van der Waals surface area contributed by atoms with Crippen LogP contribution in [-0.2, 0) is 20.7 Å². The summed E-state index contributed by atoms with van der Waals surface area (Å²) in [5.41, 5.74) is -0.123. The molecule has 6 bridgehead atoms. The molecule has 5 rings (SSSR count). The molecule has 4 atom stereocenters. The number of aliphatic hydroxyl groups is 1. The highest BCUT2D eigenvalue weighted by molar-refractivity contribution is 6.35. The second-order valence-corrected chi connectivity index (χ2v) is 11.1. The van der Waals surface area contributed by atoms with Crippen molar-refractivity contribution < 1.29 is 28.9 Å². The van der Waals surface area contributed by atoms with Gasteiger partial charge in [-0.2, -0.15) is 0 Å². The Bertz CT molecular complexity index is 1110. The van der Waals surface area contributed by atoms with Gasteiger partial charge in [0.25, 0.3) is 0 Å². The number of hydrogen-bond donors (Lipinski definition) is 2. The van der Waals surface area contributed by atoms with E-state index in [-0.39, 0.29) is 25.2 Å². The molecule has 36 heavy (non-hydrogen) atoms. The fourth-order valence-corrected chi connectivity index (χ4v) is 5.83. The zero-order valence-electron chi connectivity index (χ0n) is 21.5. The SMILES string of the molecule is COc1cc2cc(c1Cl)N(C)C(=O)CCC1(C)CC(C)(O1)C1CC(O)(CC=CC=C(C)C2)NC(=O)O1. The van der Waals surface area contributed by atoms with E-state index in [2.05, 4.69) is 5.32 Å². The van der Waals surface area contributed by atoms with Gasteiger partial charge in [-0.3, -0.25) is 10.1 Å². The molecule has 1 aromatic carbocycles. The number of hydrogen-bond acceptors (Lipinski definition) is 6. The maximum Gasteiger partial charge on any atom is 0.409 e. The summed E-state index contributed by atoms with van der Waals surface area (Å²) in [4.78, 5) is 27.0. The van der Waals surface area contributed by atoms with Gasteiger partial charge in [-0.1, -0.05) is 35.4 Å². The zero-order valence-corrected chi connectivity index (χ0v) is 22.3. The molecule has 0 spiro atoms. The van der Waals surface area contributed by atoms with E-state index < -0.39 is 29.1 Å². The molecule has 2 saturated heterocycles. The molecule has 4 aliphatic rings. The second kappa shape index (κ2) is 9.72. The molecule has 2 amide bonds. The fourth-order valence-electron chi connectivity index (χ4n) is 5.52. The van der Waals surface area contributed by atoms with Crippen LogP contribution in [0.4, 0.5) is 10.5 Å². The van der Waals surface area contributed by atoms with Gasteiger partial charge in [-0.25, -0.2) is 4.79 Å². The number of halogens is 1. The molecule has 2 fully saturated rings. The Balaban J connectivity index is 1.67. The van der Waals surface area contributed by atoms with E-state index in [1.54, 1.807) is 19.1 Å². The highest BCUT2D eigenvalue weighted by Gasteiger charge is 2.58. The first kappa shape index (κ1) is 26.5. The van der Waals surface area contributed by atoms with E-state index in [0.29, 0.717) is 35.7 Å². The van der Waals surface area contributed by atoms with Crippen LogP contribution in [-0.4, -0.2) is 54.3 Å². The van der Waals surface area contributed by atoms with Crippen LogP contribution >= 0.6 is 11.6 Å². The lowest BCUT2D eigenvalue weighted by Crippen LogP contribution is -2.68. The van der Waals surface area contributed by atoms with Crippen LogP contribution in [0, 0.1) is 0 Å². The number of alkyl carbamates (subject to hydrolysis) is 1. The fraction of sp³-hybridized carbons (Fsp3) is 0.556. The molecule has 0 radical (unpaired) electrons. The third kappa shape index (κ3) is 5.41. The molecule has 196 valence electrons. The van der Waals surface area contributed by atoms with Crippen molar-refractivity contribution in [2.45, 2.75) is 82.3 Å². The number of nitrogens with one attached hydrogen (secondary N) is 1. The van der Waals surface area contributed by atoms with Crippen molar-refractivity contribution in [1.29, 1.82) is 0 Å². The Labute approximate surface area is 217 Å². The average Bonchev–Trinajstić information content (AvgIpc) is 2.78. The number of benzene rings is 1. The van der Waals surface area contributed by atoms with Crippen LogP contribution in [0.3, 0.4) is 0 Å². The number of carbonyl (C=O) groups is 2. The summed E-state index contributed by atoms with van der Waals surface area (Å²) in [5.74, 6) is 0.415. The number of anilines is 1. The van der Waals surface area contributed by atoms with Gasteiger partial charge in [0.1, 0.15) is 28.2 Å². The van der Waals surface area contributed by atoms with Gasteiger partial charge in [-0.15, -0.1) is 0 Å². The summed E-state index contributed by atoms with van der Waals surface area (Å²) >= 11 is 6.59. The highest BCUT2D eigenvalue weighted by atomic mass is 35.5. The van der Waals surface area contributed by atoms with Crippen molar-refractivity contribution in [3.8, 4) is 5.75 Å². The van der Waals surface area contributed by atoms with E-state index in [1.807, 2.05) is 51.1 Å². The van der Waals surface area contributed by atoms with Crippen molar-refractivity contribution in [3.63, 3.8) is 0 Å². The molecule has 0 aliphatic carbocycles. The molecule has 0 aromatic heterocycles. The Morgan fingerprint density at radius 1 is 1.28 bits per heavy atom. The minimum absolute atomic E-state index is 0.0923. The predicted octanol–water partition coefficient (Wildman–Crippen LogP) is 4.67. The predicted molar refractivity (Wildman–Crippen MR) is 137 cm³/mol.